The average molecular weight is 514 g/mol. The van der Waals surface area contributed by atoms with E-state index in [9.17, 15) is 9.90 Å². The minimum Gasteiger partial charge on any atom is -0.465 e. The van der Waals surface area contributed by atoms with Gasteiger partial charge in [-0.05, 0) is 91.3 Å². The smallest absolute Gasteiger partial charge is 0.338 e. The number of carbonyl (C=O) groups is 1. The number of nitrogens with one attached hydrogen (secondary N) is 1. The fraction of sp³-hybridized carbons (Fsp3) is 0.424. The number of rotatable bonds is 11. The fourth-order valence-electron chi connectivity index (χ4n) is 5.97. The van der Waals surface area contributed by atoms with Crippen molar-refractivity contribution in [2.24, 2.45) is 5.92 Å². The third-order valence-corrected chi connectivity index (χ3v) is 8.26. The van der Waals surface area contributed by atoms with Crippen molar-refractivity contribution in [2.45, 2.75) is 63.7 Å². The van der Waals surface area contributed by atoms with Gasteiger partial charge in [-0.3, -0.25) is 0 Å². The van der Waals surface area contributed by atoms with E-state index in [4.69, 9.17) is 9.47 Å². The zero-order chi connectivity index (χ0) is 26.7. The van der Waals surface area contributed by atoms with Crippen molar-refractivity contribution in [3.05, 3.63) is 94.5 Å². The molecule has 200 valence electrons. The molecule has 1 saturated carbocycles. The number of hydrogen-bond acceptors (Lipinski definition) is 5. The Balaban J connectivity index is 1.14. The van der Waals surface area contributed by atoms with Crippen molar-refractivity contribution in [1.82, 2.24) is 5.32 Å². The monoisotopic (exact) mass is 513 g/mol. The van der Waals surface area contributed by atoms with Gasteiger partial charge in [0.05, 0.1) is 31.5 Å². The molecule has 1 fully saturated rings. The van der Waals surface area contributed by atoms with Crippen molar-refractivity contribution in [1.29, 1.82) is 0 Å². The number of aryl methyl sites for hydroxylation is 1. The minimum atomic E-state index is -0.565. The average Bonchev–Trinajstić information content (AvgIpc) is 3.57. The molecule has 0 unspecified atom stereocenters. The van der Waals surface area contributed by atoms with Crippen LogP contribution in [-0.2, 0) is 22.3 Å². The zero-order valence-corrected chi connectivity index (χ0v) is 22.7. The van der Waals surface area contributed by atoms with Gasteiger partial charge in [-0.2, -0.15) is 0 Å². The zero-order valence-electron chi connectivity index (χ0n) is 22.7. The Morgan fingerprint density at radius 3 is 2.39 bits per heavy atom. The van der Waals surface area contributed by atoms with Crippen LogP contribution in [0.3, 0.4) is 0 Å². The lowest BCUT2D eigenvalue weighted by Crippen LogP contribution is -2.40. The maximum Gasteiger partial charge on any atom is 0.338 e. The van der Waals surface area contributed by atoms with Crippen LogP contribution in [0.15, 0.2) is 66.7 Å². The molecule has 0 saturated heterocycles. The molecule has 3 aromatic rings. The molecule has 0 amide bonds. The molecule has 38 heavy (non-hydrogen) atoms. The summed E-state index contributed by atoms with van der Waals surface area (Å²) in [6, 6.07) is 22.7. The van der Waals surface area contributed by atoms with E-state index in [1.807, 2.05) is 44.2 Å². The lowest BCUT2D eigenvalue weighted by Gasteiger charge is -2.24. The topological polar surface area (TPSA) is 67.8 Å². The number of carbonyl (C=O) groups excluding carboxylic acids is 1. The molecule has 2 aliphatic carbocycles. The molecular formula is C33H39NO4. The van der Waals surface area contributed by atoms with Crippen LogP contribution in [-0.4, -0.2) is 43.0 Å². The number of fused-ring (bicyclic) bond motifs is 1. The number of aliphatic hydroxyl groups is 1. The number of hydrogen-bond donors (Lipinski definition) is 2. The van der Waals surface area contributed by atoms with Gasteiger partial charge in [0, 0.05) is 12.1 Å². The summed E-state index contributed by atoms with van der Waals surface area (Å²) >= 11 is 0. The molecule has 0 heterocycles. The largest absolute Gasteiger partial charge is 0.465 e. The van der Waals surface area contributed by atoms with Crippen molar-refractivity contribution in [3.8, 4) is 11.1 Å². The van der Waals surface area contributed by atoms with E-state index in [2.05, 4.69) is 41.7 Å². The van der Waals surface area contributed by atoms with Gasteiger partial charge in [0.25, 0.3) is 0 Å². The van der Waals surface area contributed by atoms with Gasteiger partial charge in [-0.25, -0.2) is 4.79 Å². The third-order valence-electron chi connectivity index (χ3n) is 8.26. The van der Waals surface area contributed by atoms with Gasteiger partial charge in [0.1, 0.15) is 0 Å². The number of ether oxygens (including phenoxy) is 2. The quantitative estimate of drug-likeness (QED) is 0.317. The maximum atomic E-state index is 12.0. The van der Waals surface area contributed by atoms with E-state index in [0.717, 1.165) is 22.3 Å². The molecule has 0 aromatic heterocycles. The van der Waals surface area contributed by atoms with Crippen molar-refractivity contribution < 1.29 is 19.4 Å². The van der Waals surface area contributed by atoms with Crippen LogP contribution in [0.25, 0.3) is 11.1 Å². The van der Waals surface area contributed by atoms with Gasteiger partial charge in [0.15, 0.2) is 0 Å². The first kappa shape index (κ1) is 26.6. The van der Waals surface area contributed by atoms with E-state index in [1.165, 1.54) is 50.3 Å². The highest BCUT2D eigenvalue weighted by atomic mass is 16.5. The summed E-state index contributed by atoms with van der Waals surface area (Å²) in [7, 11) is 1.40. The Morgan fingerprint density at radius 2 is 1.74 bits per heavy atom. The third kappa shape index (κ3) is 6.01. The first-order valence-corrected chi connectivity index (χ1v) is 13.8. The SMILES string of the molecule is COC(=O)c1ccc(-c2ccccc2[C@@H](C)OC[C@H](O)CNC2(CC3Cc4ccccc4C3)CC2)cc1C. The van der Waals surface area contributed by atoms with E-state index < -0.39 is 6.10 Å². The van der Waals surface area contributed by atoms with Crippen LogP contribution >= 0.6 is 0 Å². The Kier molecular flexibility index (Phi) is 7.98. The van der Waals surface area contributed by atoms with Crippen LogP contribution in [0, 0.1) is 12.8 Å². The summed E-state index contributed by atoms with van der Waals surface area (Å²) in [5, 5.41) is 14.4. The van der Waals surface area contributed by atoms with Crippen LogP contribution < -0.4 is 5.32 Å². The van der Waals surface area contributed by atoms with Gasteiger partial charge in [-0.1, -0.05) is 60.7 Å². The van der Waals surface area contributed by atoms with Crippen molar-refractivity contribution in [2.75, 3.05) is 20.3 Å². The summed E-state index contributed by atoms with van der Waals surface area (Å²) in [6.45, 7) is 4.75. The van der Waals surface area contributed by atoms with E-state index in [-0.39, 0.29) is 24.2 Å². The second-order valence-corrected chi connectivity index (χ2v) is 11.1. The van der Waals surface area contributed by atoms with Gasteiger partial charge in [-0.15, -0.1) is 0 Å². The van der Waals surface area contributed by atoms with Crippen LogP contribution in [0.4, 0.5) is 0 Å². The van der Waals surface area contributed by atoms with Gasteiger partial charge >= 0.3 is 5.97 Å². The minimum absolute atomic E-state index is 0.181. The molecule has 3 aromatic carbocycles. The highest BCUT2D eigenvalue weighted by molar-refractivity contribution is 5.91. The molecule has 2 aliphatic rings. The molecule has 0 spiro atoms. The summed E-state index contributed by atoms with van der Waals surface area (Å²) in [4.78, 5) is 12.0. The first-order chi connectivity index (χ1) is 18.4. The molecule has 2 atom stereocenters. The van der Waals surface area contributed by atoms with E-state index >= 15 is 0 Å². The van der Waals surface area contributed by atoms with Gasteiger partial charge in [0.2, 0.25) is 0 Å². The predicted octanol–water partition coefficient (Wildman–Crippen LogP) is 5.81. The first-order valence-electron chi connectivity index (χ1n) is 13.8. The standard InChI is InChI=1S/C33H39NO4/c1-22-16-27(12-13-29(22)32(36)37-3)31-11-7-6-10-30(31)23(2)38-21-28(35)20-34-33(14-15-33)19-24-17-25-8-4-5-9-26(25)18-24/h4-13,16,23-24,28,34-35H,14-15,17-21H2,1-3H3/t23-,28-/m1/s1. The van der Waals surface area contributed by atoms with Crippen molar-refractivity contribution in [3.63, 3.8) is 0 Å². The number of benzene rings is 3. The number of β-amino-alcohol motifs (C(OH)–C–C–N with tert-alkyl or cyclic N) is 1. The summed E-state index contributed by atoms with van der Waals surface area (Å²) < 4.78 is 11.0. The molecule has 0 aliphatic heterocycles. The molecule has 0 bridgehead atoms. The Morgan fingerprint density at radius 1 is 1.05 bits per heavy atom. The Bertz CT molecular complexity index is 1260. The number of aliphatic hydroxyl groups excluding tert-OH is 1. The van der Waals surface area contributed by atoms with Gasteiger partial charge < -0.3 is 19.9 Å². The van der Waals surface area contributed by atoms with Crippen LogP contribution in [0.1, 0.15) is 64.9 Å². The molecule has 5 nitrogen and oxygen atoms in total. The maximum absolute atomic E-state index is 12.0. The second-order valence-electron chi connectivity index (χ2n) is 11.1. The number of esters is 1. The lowest BCUT2D eigenvalue weighted by molar-refractivity contribution is -0.00329. The second kappa shape index (κ2) is 11.4. The molecule has 5 rings (SSSR count). The summed E-state index contributed by atoms with van der Waals surface area (Å²) in [5.74, 6) is 0.362. The van der Waals surface area contributed by atoms with Crippen LogP contribution in [0.5, 0.6) is 0 Å². The van der Waals surface area contributed by atoms with Crippen LogP contribution in [0.2, 0.25) is 0 Å². The highest BCUT2D eigenvalue weighted by Crippen LogP contribution is 2.44. The molecule has 5 heteroatoms. The Hall–Kier alpha value is -2.99. The summed E-state index contributed by atoms with van der Waals surface area (Å²) in [6.07, 6.45) is 5.14. The normalized spacial score (nSPS) is 17.6. The Labute approximate surface area is 226 Å². The predicted molar refractivity (Wildman–Crippen MR) is 150 cm³/mol. The van der Waals surface area contributed by atoms with Crippen molar-refractivity contribution >= 4 is 5.97 Å². The van der Waals surface area contributed by atoms with E-state index in [0.29, 0.717) is 18.0 Å². The number of methoxy groups -OCH3 is 1. The molecular weight excluding hydrogens is 474 g/mol. The lowest BCUT2D eigenvalue weighted by atomic mass is 9.94. The van der Waals surface area contributed by atoms with E-state index in [1.54, 1.807) is 0 Å². The molecule has 0 radical (unpaired) electrons. The molecule has 2 N–H and O–H groups in total. The fourth-order valence-corrected chi connectivity index (χ4v) is 5.97. The highest BCUT2D eigenvalue weighted by Gasteiger charge is 2.44. The summed E-state index contributed by atoms with van der Waals surface area (Å²) in [5.41, 5.74) is 7.76.